The van der Waals surface area contributed by atoms with Crippen LogP contribution in [0.4, 0.5) is 5.69 Å². The van der Waals surface area contributed by atoms with Gasteiger partial charge in [-0.1, -0.05) is 11.8 Å². The molecule has 178 valence electrons. The largest absolute Gasteiger partial charge is 0.325 e. The van der Waals surface area contributed by atoms with Crippen LogP contribution in [0.15, 0.2) is 58.8 Å². The molecule has 1 aliphatic carbocycles. The van der Waals surface area contributed by atoms with Gasteiger partial charge in [-0.2, -0.15) is 4.31 Å². The molecule has 11 heteroatoms. The Morgan fingerprint density at radius 2 is 1.85 bits per heavy atom. The summed E-state index contributed by atoms with van der Waals surface area (Å²) < 4.78 is 29.0. The number of amides is 1. The maximum Gasteiger partial charge on any atom is 0.243 e. The zero-order chi connectivity index (χ0) is 23.7. The van der Waals surface area contributed by atoms with Crippen molar-refractivity contribution in [3.05, 3.63) is 48.8 Å². The first-order valence-corrected chi connectivity index (χ1v) is 13.7. The van der Waals surface area contributed by atoms with Crippen molar-refractivity contribution in [2.45, 2.75) is 54.0 Å². The molecular formula is C23H26N6O3S2. The number of rotatable bonds is 8. The average molecular weight is 499 g/mol. The maximum absolute atomic E-state index is 12.9. The highest BCUT2D eigenvalue weighted by atomic mass is 32.2. The van der Waals surface area contributed by atoms with Crippen molar-refractivity contribution >= 4 is 33.4 Å². The third kappa shape index (κ3) is 4.73. The number of anilines is 1. The summed E-state index contributed by atoms with van der Waals surface area (Å²) in [5.74, 6) is 0.578. The fourth-order valence-corrected chi connectivity index (χ4v) is 6.39. The molecule has 0 radical (unpaired) electrons. The third-order valence-electron chi connectivity index (χ3n) is 5.97. The minimum Gasteiger partial charge on any atom is -0.325 e. The molecule has 1 aromatic carbocycles. The minimum absolute atomic E-state index is 0.187. The molecule has 1 saturated carbocycles. The van der Waals surface area contributed by atoms with E-state index >= 15 is 0 Å². The zero-order valence-corrected chi connectivity index (χ0v) is 20.4. The molecule has 9 nitrogen and oxygen atoms in total. The molecule has 1 amide bonds. The van der Waals surface area contributed by atoms with E-state index in [1.165, 1.54) is 16.1 Å². The number of sulfonamides is 1. The van der Waals surface area contributed by atoms with Gasteiger partial charge in [0.15, 0.2) is 11.0 Å². The van der Waals surface area contributed by atoms with Crippen LogP contribution in [0.3, 0.4) is 0 Å². The molecule has 3 aromatic rings. The Morgan fingerprint density at radius 3 is 2.50 bits per heavy atom. The van der Waals surface area contributed by atoms with Gasteiger partial charge in [-0.15, -0.1) is 10.2 Å². The number of nitrogens with one attached hydrogen (secondary N) is 1. The van der Waals surface area contributed by atoms with E-state index in [1.54, 1.807) is 36.7 Å². The highest BCUT2D eigenvalue weighted by Crippen LogP contribution is 2.41. The number of aromatic nitrogens is 4. The second-order valence-electron chi connectivity index (χ2n) is 8.53. The smallest absolute Gasteiger partial charge is 0.243 e. The van der Waals surface area contributed by atoms with Gasteiger partial charge in [-0.25, -0.2) is 8.42 Å². The predicted octanol–water partition coefficient (Wildman–Crippen LogP) is 3.58. The van der Waals surface area contributed by atoms with E-state index in [0.29, 0.717) is 30.0 Å². The van der Waals surface area contributed by atoms with Crippen molar-refractivity contribution in [3.8, 4) is 11.4 Å². The van der Waals surface area contributed by atoms with E-state index in [9.17, 15) is 13.2 Å². The van der Waals surface area contributed by atoms with Crippen molar-refractivity contribution in [1.82, 2.24) is 24.1 Å². The van der Waals surface area contributed by atoms with E-state index in [4.69, 9.17) is 0 Å². The lowest BCUT2D eigenvalue weighted by Crippen LogP contribution is -2.27. The summed E-state index contributed by atoms with van der Waals surface area (Å²) in [5.41, 5.74) is 1.45. The Hall–Kier alpha value is -2.76. The normalized spacial score (nSPS) is 17.6. The summed E-state index contributed by atoms with van der Waals surface area (Å²) in [4.78, 5) is 17.3. The minimum atomic E-state index is -3.47. The van der Waals surface area contributed by atoms with Crippen LogP contribution in [-0.4, -0.2) is 56.7 Å². The topological polar surface area (TPSA) is 110 Å². The summed E-state index contributed by atoms with van der Waals surface area (Å²) in [6, 6.07) is 10.5. The Labute approximate surface area is 203 Å². The fourth-order valence-electron chi connectivity index (χ4n) is 3.95. The van der Waals surface area contributed by atoms with Gasteiger partial charge in [0.05, 0.1) is 10.1 Å². The fraction of sp³-hybridized carbons (Fsp3) is 0.391. The molecule has 0 spiro atoms. The standard InChI is InChI=1S/C23H26N6O3S2/c1-16(33-23-27-26-21(29(23)19-8-9-19)17-5-4-12-24-15-17)22(30)25-18-6-10-20(11-7-18)34(31,32)28-13-2-3-14-28/h4-7,10-12,15-16,19H,2-3,8-9,13-14H2,1H3,(H,25,30). The summed E-state index contributed by atoms with van der Waals surface area (Å²) >= 11 is 1.36. The molecule has 2 aliphatic rings. The number of pyridine rings is 1. The van der Waals surface area contributed by atoms with Gasteiger partial charge in [-0.3, -0.25) is 14.3 Å². The summed E-state index contributed by atoms with van der Waals surface area (Å²) in [6.45, 7) is 2.94. The van der Waals surface area contributed by atoms with Crippen LogP contribution >= 0.6 is 11.8 Å². The number of carbonyl (C=O) groups is 1. The van der Waals surface area contributed by atoms with Crippen LogP contribution in [0.2, 0.25) is 0 Å². The van der Waals surface area contributed by atoms with Gasteiger partial charge in [-0.05, 0) is 69.0 Å². The van der Waals surface area contributed by atoms with E-state index in [1.807, 2.05) is 19.1 Å². The molecule has 5 rings (SSSR count). The van der Waals surface area contributed by atoms with Gasteiger partial charge >= 0.3 is 0 Å². The molecule has 1 atom stereocenters. The molecular weight excluding hydrogens is 472 g/mol. The van der Waals surface area contributed by atoms with Gasteiger partial charge in [0.1, 0.15) is 0 Å². The molecule has 1 unspecified atom stereocenters. The van der Waals surface area contributed by atoms with Crippen molar-refractivity contribution in [3.63, 3.8) is 0 Å². The quantitative estimate of drug-likeness (QED) is 0.473. The highest BCUT2D eigenvalue weighted by Gasteiger charge is 2.32. The molecule has 2 aromatic heterocycles. The molecule has 2 fully saturated rings. The Kier molecular flexibility index (Phi) is 6.41. The lowest BCUT2D eigenvalue weighted by Gasteiger charge is -2.16. The van der Waals surface area contributed by atoms with Crippen LogP contribution in [0.5, 0.6) is 0 Å². The van der Waals surface area contributed by atoms with Gasteiger partial charge in [0.2, 0.25) is 15.9 Å². The second kappa shape index (κ2) is 9.47. The molecule has 3 heterocycles. The number of nitrogens with zero attached hydrogens (tertiary/aromatic N) is 5. The Bertz CT molecular complexity index is 1270. The van der Waals surface area contributed by atoms with Crippen LogP contribution in [-0.2, 0) is 14.8 Å². The Morgan fingerprint density at radius 1 is 1.12 bits per heavy atom. The first kappa shape index (κ1) is 23.0. The van der Waals surface area contributed by atoms with E-state index < -0.39 is 15.3 Å². The lowest BCUT2D eigenvalue weighted by atomic mass is 10.3. The SMILES string of the molecule is CC(Sc1nnc(-c2cccnc2)n1C1CC1)C(=O)Nc1ccc(S(=O)(=O)N2CCCC2)cc1. The number of hydrogen-bond acceptors (Lipinski definition) is 7. The monoisotopic (exact) mass is 498 g/mol. The van der Waals surface area contributed by atoms with Crippen molar-refractivity contribution in [2.24, 2.45) is 0 Å². The number of benzene rings is 1. The number of thioether (sulfide) groups is 1. The van der Waals surface area contributed by atoms with Crippen LogP contribution in [0, 0.1) is 0 Å². The lowest BCUT2D eigenvalue weighted by molar-refractivity contribution is -0.115. The first-order chi connectivity index (χ1) is 16.4. The molecule has 1 saturated heterocycles. The highest BCUT2D eigenvalue weighted by molar-refractivity contribution is 8.00. The van der Waals surface area contributed by atoms with Gasteiger partial charge in [0.25, 0.3) is 0 Å². The third-order valence-corrected chi connectivity index (χ3v) is 8.94. The van der Waals surface area contributed by atoms with E-state index in [-0.39, 0.29) is 10.8 Å². The van der Waals surface area contributed by atoms with Crippen LogP contribution < -0.4 is 5.32 Å². The summed E-state index contributed by atoms with van der Waals surface area (Å²) in [7, 11) is -3.47. The summed E-state index contributed by atoms with van der Waals surface area (Å²) in [6.07, 6.45) is 7.39. The van der Waals surface area contributed by atoms with Gasteiger partial charge < -0.3 is 5.32 Å². The molecule has 0 bridgehead atoms. The van der Waals surface area contributed by atoms with Gasteiger partial charge in [0, 0.05) is 42.8 Å². The molecule has 34 heavy (non-hydrogen) atoms. The van der Waals surface area contributed by atoms with E-state index in [2.05, 4.69) is 25.1 Å². The van der Waals surface area contributed by atoms with E-state index in [0.717, 1.165) is 37.1 Å². The van der Waals surface area contributed by atoms with Crippen molar-refractivity contribution < 1.29 is 13.2 Å². The zero-order valence-electron chi connectivity index (χ0n) is 18.8. The second-order valence-corrected chi connectivity index (χ2v) is 11.8. The average Bonchev–Trinajstić information content (AvgIpc) is 3.34. The summed E-state index contributed by atoms with van der Waals surface area (Å²) in [5, 5.41) is 11.9. The maximum atomic E-state index is 12.9. The molecule has 1 N–H and O–H groups in total. The first-order valence-electron chi connectivity index (χ1n) is 11.4. The molecule has 1 aliphatic heterocycles. The predicted molar refractivity (Wildman–Crippen MR) is 130 cm³/mol. The van der Waals surface area contributed by atoms with Crippen molar-refractivity contribution in [2.75, 3.05) is 18.4 Å². The number of carbonyl (C=O) groups excluding carboxylic acids is 1. The Balaban J connectivity index is 1.26. The number of hydrogen-bond donors (Lipinski definition) is 1. The van der Waals surface area contributed by atoms with Crippen LogP contribution in [0.1, 0.15) is 38.6 Å². The van der Waals surface area contributed by atoms with Crippen LogP contribution in [0.25, 0.3) is 11.4 Å². The van der Waals surface area contributed by atoms with Crippen molar-refractivity contribution in [1.29, 1.82) is 0 Å².